The summed E-state index contributed by atoms with van der Waals surface area (Å²) in [5.41, 5.74) is 0.599. The van der Waals surface area contributed by atoms with Gasteiger partial charge >= 0.3 is 6.18 Å². The second-order valence-corrected chi connectivity index (χ2v) is 5.43. The van der Waals surface area contributed by atoms with Crippen LogP contribution in [-0.2, 0) is 28.7 Å². The van der Waals surface area contributed by atoms with Crippen LogP contribution in [0.3, 0.4) is 0 Å². The van der Waals surface area contributed by atoms with Crippen molar-refractivity contribution in [2.24, 2.45) is 0 Å². The zero-order valence-corrected chi connectivity index (χ0v) is 12.8. The molecule has 0 aliphatic carbocycles. The predicted octanol–water partition coefficient (Wildman–Crippen LogP) is 2.32. The fraction of sp³-hybridized carbons (Fsp3) is 0.467. The van der Waals surface area contributed by atoms with Gasteiger partial charge < -0.3 is 14.8 Å². The van der Waals surface area contributed by atoms with E-state index in [1.54, 1.807) is 10.9 Å². The highest BCUT2D eigenvalue weighted by Crippen LogP contribution is 2.29. The smallest absolute Gasteiger partial charge is 0.379 e. The number of ether oxygens (including phenoxy) is 2. The Bertz CT molecular complexity index is 651. The molecule has 1 aliphatic heterocycles. The van der Waals surface area contributed by atoms with Crippen LogP contribution in [0, 0.1) is 0 Å². The van der Waals surface area contributed by atoms with Crippen molar-refractivity contribution in [2.75, 3.05) is 25.1 Å². The van der Waals surface area contributed by atoms with E-state index in [2.05, 4.69) is 15.6 Å². The molecule has 130 valence electrons. The average molecular weight is 342 g/mol. The zero-order chi connectivity index (χ0) is 17.0. The molecule has 2 aromatic rings. The Balaban J connectivity index is 1.51. The van der Waals surface area contributed by atoms with Crippen LogP contribution >= 0.6 is 0 Å². The Labute approximate surface area is 136 Å². The van der Waals surface area contributed by atoms with Gasteiger partial charge in [-0.3, -0.25) is 0 Å². The van der Waals surface area contributed by atoms with Gasteiger partial charge in [0.15, 0.2) is 0 Å². The molecule has 3 rings (SSSR count). The molecule has 0 unspecified atom stereocenters. The van der Waals surface area contributed by atoms with Crippen molar-refractivity contribution in [3.05, 3.63) is 41.7 Å². The maximum absolute atomic E-state index is 12.5. The second-order valence-electron chi connectivity index (χ2n) is 5.43. The Morgan fingerprint density at radius 1 is 1.21 bits per heavy atom. The van der Waals surface area contributed by atoms with E-state index >= 15 is 0 Å². The van der Waals surface area contributed by atoms with Crippen molar-refractivity contribution >= 4 is 5.69 Å². The fourth-order valence-corrected chi connectivity index (χ4v) is 2.33. The van der Waals surface area contributed by atoms with Gasteiger partial charge in [-0.25, -0.2) is 4.68 Å². The summed E-state index contributed by atoms with van der Waals surface area (Å²) in [5, 5.41) is 11.1. The first-order valence-electron chi connectivity index (χ1n) is 7.50. The van der Waals surface area contributed by atoms with E-state index in [9.17, 15) is 13.2 Å². The molecule has 1 fully saturated rings. The van der Waals surface area contributed by atoms with E-state index in [0.717, 1.165) is 12.1 Å². The van der Waals surface area contributed by atoms with Crippen LogP contribution < -0.4 is 5.32 Å². The van der Waals surface area contributed by atoms with Gasteiger partial charge in [0.1, 0.15) is 11.8 Å². The number of hydrogen-bond acceptors (Lipinski definition) is 5. The van der Waals surface area contributed by atoms with Gasteiger partial charge in [-0.15, -0.1) is 5.10 Å². The molecule has 0 spiro atoms. The normalized spacial score (nSPS) is 18.5. The van der Waals surface area contributed by atoms with Crippen LogP contribution in [0.25, 0.3) is 0 Å². The lowest BCUT2D eigenvalue weighted by atomic mass is 10.2. The van der Waals surface area contributed by atoms with Crippen LogP contribution in [0.1, 0.15) is 11.3 Å². The first-order chi connectivity index (χ1) is 11.5. The van der Waals surface area contributed by atoms with Crippen LogP contribution in [-0.4, -0.2) is 40.9 Å². The summed E-state index contributed by atoms with van der Waals surface area (Å²) in [6.07, 6.45) is -2.60. The zero-order valence-electron chi connectivity index (χ0n) is 12.8. The molecule has 1 aromatic carbocycles. The Morgan fingerprint density at radius 3 is 2.67 bits per heavy atom. The minimum absolute atomic E-state index is 0.0452. The minimum Gasteiger partial charge on any atom is -0.379 e. The number of anilines is 1. The molecular formula is C15H17F3N4O2. The third kappa shape index (κ3) is 4.45. The van der Waals surface area contributed by atoms with Crippen molar-refractivity contribution in [1.29, 1.82) is 0 Å². The first kappa shape index (κ1) is 16.7. The molecule has 0 radical (unpaired) electrons. The molecule has 1 aliphatic rings. The van der Waals surface area contributed by atoms with Crippen LogP contribution in [0.15, 0.2) is 30.5 Å². The quantitative estimate of drug-likeness (QED) is 0.904. The molecule has 24 heavy (non-hydrogen) atoms. The molecule has 1 N–H and O–H groups in total. The predicted molar refractivity (Wildman–Crippen MR) is 79.4 cm³/mol. The van der Waals surface area contributed by atoms with Crippen molar-refractivity contribution in [1.82, 2.24) is 15.0 Å². The molecule has 6 nitrogen and oxygen atoms in total. The Hall–Kier alpha value is -2.13. The molecular weight excluding hydrogens is 325 g/mol. The average Bonchev–Trinajstić information content (AvgIpc) is 3.01. The lowest BCUT2D eigenvalue weighted by Crippen LogP contribution is -2.32. The summed E-state index contributed by atoms with van der Waals surface area (Å²) in [6.45, 7) is 2.62. The number of alkyl halides is 3. The molecule has 0 saturated carbocycles. The van der Waals surface area contributed by atoms with Crippen molar-refractivity contribution in [3.63, 3.8) is 0 Å². The Kier molecular flexibility index (Phi) is 5.00. The molecule has 1 atom stereocenters. The second kappa shape index (κ2) is 7.18. The molecule has 0 amide bonds. The largest absolute Gasteiger partial charge is 0.416 e. The van der Waals surface area contributed by atoms with Gasteiger partial charge in [0.25, 0.3) is 0 Å². The third-order valence-corrected chi connectivity index (χ3v) is 3.55. The maximum atomic E-state index is 12.5. The van der Waals surface area contributed by atoms with Gasteiger partial charge in [0, 0.05) is 5.69 Å². The van der Waals surface area contributed by atoms with E-state index in [4.69, 9.17) is 9.47 Å². The summed E-state index contributed by atoms with van der Waals surface area (Å²) < 4.78 is 50.0. The molecule has 0 bridgehead atoms. The number of nitrogens with one attached hydrogen (secondary N) is 1. The highest BCUT2D eigenvalue weighted by atomic mass is 19.4. The molecule has 1 aromatic heterocycles. The maximum Gasteiger partial charge on any atom is 0.416 e. The van der Waals surface area contributed by atoms with Crippen LogP contribution in [0.5, 0.6) is 0 Å². The van der Waals surface area contributed by atoms with Gasteiger partial charge in [-0.1, -0.05) is 5.21 Å². The lowest BCUT2D eigenvalue weighted by Gasteiger charge is -2.22. The number of benzene rings is 1. The molecule has 2 heterocycles. The minimum atomic E-state index is -4.33. The number of nitrogens with zero attached hydrogens (tertiary/aromatic N) is 3. The van der Waals surface area contributed by atoms with E-state index < -0.39 is 11.7 Å². The van der Waals surface area contributed by atoms with Crippen molar-refractivity contribution in [2.45, 2.75) is 25.4 Å². The summed E-state index contributed by atoms with van der Waals surface area (Å²) in [5.74, 6) is 0. The van der Waals surface area contributed by atoms with E-state index in [1.807, 2.05) is 0 Å². The highest BCUT2D eigenvalue weighted by Gasteiger charge is 2.29. The lowest BCUT2D eigenvalue weighted by molar-refractivity contribution is -0.137. The van der Waals surface area contributed by atoms with Gasteiger partial charge in [-0.05, 0) is 24.3 Å². The van der Waals surface area contributed by atoms with E-state index in [1.165, 1.54) is 12.1 Å². The topological polar surface area (TPSA) is 61.2 Å². The molecule has 1 saturated heterocycles. The summed E-state index contributed by atoms with van der Waals surface area (Å²) in [6, 6.07) is 4.86. The van der Waals surface area contributed by atoms with Crippen LogP contribution in [0.2, 0.25) is 0 Å². The van der Waals surface area contributed by atoms with Crippen molar-refractivity contribution < 1.29 is 22.6 Å². The number of rotatable bonds is 5. The van der Waals surface area contributed by atoms with E-state index in [0.29, 0.717) is 44.3 Å². The summed E-state index contributed by atoms with van der Waals surface area (Å²) >= 11 is 0. The number of aromatic nitrogens is 3. The highest BCUT2D eigenvalue weighted by molar-refractivity contribution is 5.45. The fourth-order valence-electron chi connectivity index (χ4n) is 2.33. The van der Waals surface area contributed by atoms with Crippen molar-refractivity contribution in [3.8, 4) is 0 Å². The van der Waals surface area contributed by atoms with Gasteiger partial charge in [-0.2, -0.15) is 13.2 Å². The first-order valence-corrected chi connectivity index (χ1v) is 7.50. The van der Waals surface area contributed by atoms with Gasteiger partial charge in [0.05, 0.1) is 44.7 Å². The number of hydrogen-bond donors (Lipinski definition) is 1. The van der Waals surface area contributed by atoms with Gasteiger partial charge in [0.2, 0.25) is 0 Å². The number of halogens is 3. The third-order valence-electron chi connectivity index (χ3n) is 3.55. The van der Waals surface area contributed by atoms with E-state index in [-0.39, 0.29) is 6.10 Å². The van der Waals surface area contributed by atoms with Crippen LogP contribution in [0.4, 0.5) is 18.9 Å². The monoisotopic (exact) mass is 342 g/mol. The SMILES string of the molecule is FC(F)(F)c1ccc(NCc2cn(C[C@@H]3COCCO3)nn2)cc1. The summed E-state index contributed by atoms with van der Waals surface area (Å²) in [7, 11) is 0. The Morgan fingerprint density at radius 2 is 2.00 bits per heavy atom. The summed E-state index contributed by atoms with van der Waals surface area (Å²) in [4.78, 5) is 0. The molecule has 9 heteroatoms. The standard InChI is InChI=1S/C15H17F3N4O2/c16-15(17,18)11-1-3-12(4-2-11)19-7-13-8-22(21-20-13)9-14-10-23-5-6-24-14/h1-4,8,14,19H,5-7,9-10H2/t14-/m1/s1.